The van der Waals surface area contributed by atoms with Gasteiger partial charge in [0.1, 0.15) is 0 Å². The number of carbonyl (C=O) groups excluding carboxylic acids is 1. The fraction of sp³-hybridized carbons (Fsp3) is 0.455. The molecule has 1 aromatic heterocycles. The fourth-order valence-corrected chi connectivity index (χ4v) is 2.14. The number of β-amino-alcohol motifs (C(OH)–C–C–N with tert-alkyl or cyclic N) is 1. The number of nitrogens with zero attached hydrogens (tertiary/aromatic N) is 2. The number of aromatic nitrogens is 1. The lowest BCUT2D eigenvalue weighted by Crippen LogP contribution is -2.44. The standard InChI is InChI=1S/C11H14ClN3O2/c1-15(9-5-14-6-10(9)16)11(17)7-2-3-13-4-8(7)12/h2-4,9-10,14,16H,5-6H2,1H3/t9-,10-/m1/s1. The third-order valence-corrected chi connectivity index (χ3v) is 3.27. The van der Waals surface area contributed by atoms with Gasteiger partial charge < -0.3 is 15.3 Å². The molecule has 2 atom stereocenters. The van der Waals surface area contributed by atoms with Crippen molar-refractivity contribution in [2.24, 2.45) is 0 Å². The minimum atomic E-state index is -0.537. The number of hydrogen-bond acceptors (Lipinski definition) is 4. The van der Waals surface area contributed by atoms with E-state index in [-0.39, 0.29) is 11.9 Å². The van der Waals surface area contributed by atoms with E-state index in [9.17, 15) is 9.90 Å². The molecule has 1 aromatic rings. The van der Waals surface area contributed by atoms with Crippen LogP contribution in [-0.2, 0) is 0 Å². The maximum absolute atomic E-state index is 12.2. The Bertz CT molecular complexity index is 427. The topological polar surface area (TPSA) is 65.5 Å². The molecule has 6 heteroatoms. The molecule has 5 nitrogen and oxygen atoms in total. The first-order chi connectivity index (χ1) is 8.11. The quantitative estimate of drug-likeness (QED) is 0.789. The van der Waals surface area contributed by atoms with Crippen LogP contribution in [0.15, 0.2) is 18.5 Å². The number of carbonyl (C=O) groups is 1. The molecule has 0 saturated carbocycles. The van der Waals surface area contributed by atoms with Crippen LogP contribution in [0.1, 0.15) is 10.4 Å². The smallest absolute Gasteiger partial charge is 0.255 e. The Hall–Kier alpha value is -1.17. The first kappa shape index (κ1) is 12.3. The molecule has 1 aliphatic heterocycles. The number of likely N-dealkylation sites (N-methyl/N-ethyl adjacent to an activating group) is 1. The molecule has 17 heavy (non-hydrogen) atoms. The average Bonchev–Trinajstić information content (AvgIpc) is 2.74. The van der Waals surface area contributed by atoms with Gasteiger partial charge in [0.25, 0.3) is 5.91 Å². The zero-order valence-corrected chi connectivity index (χ0v) is 10.2. The minimum Gasteiger partial charge on any atom is -0.390 e. The summed E-state index contributed by atoms with van der Waals surface area (Å²) in [4.78, 5) is 17.5. The third-order valence-electron chi connectivity index (χ3n) is 2.97. The van der Waals surface area contributed by atoms with Crippen molar-refractivity contribution >= 4 is 17.5 Å². The van der Waals surface area contributed by atoms with E-state index in [1.807, 2.05) is 0 Å². The molecule has 1 saturated heterocycles. The highest BCUT2D eigenvalue weighted by Crippen LogP contribution is 2.18. The van der Waals surface area contributed by atoms with E-state index in [2.05, 4.69) is 10.3 Å². The molecule has 0 spiro atoms. The summed E-state index contributed by atoms with van der Waals surface area (Å²) in [5.41, 5.74) is 0.406. The van der Waals surface area contributed by atoms with Crippen LogP contribution in [0.5, 0.6) is 0 Å². The Balaban J connectivity index is 2.17. The van der Waals surface area contributed by atoms with E-state index >= 15 is 0 Å². The number of pyridine rings is 1. The van der Waals surface area contributed by atoms with E-state index in [4.69, 9.17) is 11.6 Å². The van der Waals surface area contributed by atoms with Crippen LogP contribution in [0, 0.1) is 0 Å². The van der Waals surface area contributed by atoms with Crippen molar-refractivity contribution in [2.75, 3.05) is 20.1 Å². The Morgan fingerprint density at radius 2 is 2.41 bits per heavy atom. The molecule has 2 N–H and O–H groups in total. The summed E-state index contributed by atoms with van der Waals surface area (Å²) in [6, 6.07) is 1.36. The highest BCUT2D eigenvalue weighted by Gasteiger charge is 2.32. The zero-order chi connectivity index (χ0) is 12.4. The fourth-order valence-electron chi connectivity index (χ4n) is 1.94. The molecule has 2 heterocycles. The number of aliphatic hydroxyl groups excluding tert-OH is 1. The number of halogens is 1. The molecule has 0 unspecified atom stereocenters. The Kier molecular flexibility index (Phi) is 3.61. The molecular weight excluding hydrogens is 242 g/mol. The van der Waals surface area contributed by atoms with Gasteiger partial charge in [-0.2, -0.15) is 0 Å². The van der Waals surface area contributed by atoms with Crippen molar-refractivity contribution in [1.29, 1.82) is 0 Å². The van der Waals surface area contributed by atoms with Crippen molar-refractivity contribution in [3.63, 3.8) is 0 Å². The lowest BCUT2D eigenvalue weighted by Gasteiger charge is -2.26. The lowest BCUT2D eigenvalue weighted by molar-refractivity contribution is 0.0581. The van der Waals surface area contributed by atoms with E-state index in [0.717, 1.165) is 0 Å². The maximum atomic E-state index is 12.2. The van der Waals surface area contributed by atoms with Crippen LogP contribution in [0.2, 0.25) is 5.02 Å². The highest BCUT2D eigenvalue weighted by atomic mass is 35.5. The number of amides is 1. The molecule has 1 fully saturated rings. The Morgan fingerprint density at radius 1 is 1.65 bits per heavy atom. The predicted octanol–water partition coefficient (Wildman–Crippen LogP) is 0.140. The Morgan fingerprint density at radius 3 is 3.00 bits per heavy atom. The van der Waals surface area contributed by atoms with Crippen LogP contribution in [0.4, 0.5) is 0 Å². The molecule has 1 aliphatic rings. The van der Waals surface area contributed by atoms with Gasteiger partial charge in [-0.3, -0.25) is 9.78 Å². The molecule has 0 radical (unpaired) electrons. The minimum absolute atomic E-state index is 0.204. The highest BCUT2D eigenvalue weighted by molar-refractivity contribution is 6.33. The number of hydrogen-bond donors (Lipinski definition) is 2. The van der Waals surface area contributed by atoms with Gasteiger partial charge in [-0.25, -0.2) is 0 Å². The van der Waals surface area contributed by atoms with E-state index in [1.54, 1.807) is 13.1 Å². The van der Waals surface area contributed by atoms with Gasteiger partial charge in [-0.15, -0.1) is 0 Å². The molecule has 0 bridgehead atoms. The molecule has 1 amide bonds. The molecular formula is C11H14ClN3O2. The summed E-state index contributed by atoms with van der Waals surface area (Å²) >= 11 is 5.92. The van der Waals surface area contributed by atoms with Gasteiger partial charge in [0, 0.05) is 32.5 Å². The average molecular weight is 256 g/mol. The van der Waals surface area contributed by atoms with Crippen molar-refractivity contribution in [3.8, 4) is 0 Å². The summed E-state index contributed by atoms with van der Waals surface area (Å²) in [5, 5.41) is 13.1. The van der Waals surface area contributed by atoms with Gasteiger partial charge in [0.2, 0.25) is 0 Å². The normalized spacial score (nSPS) is 23.7. The van der Waals surface area contributed by atoms with Gasteiger partial charge >= 0.3 is 0 Å². The van der Waals surface area contributed by atoms with Gasteiger partial charge in [0.15, 0.2) is 0 Å². The number of nitrogens with one attached hydrogen (secondary N) is 1. The van der Waals surface area contributed by atoms with Gasteiger partial charge in [0.05, 0.1) is 22.7 Å². The predicted molar refractivity (Wildman–Crippen MR) is 64.0 cm³/mol. The molecule has 0 aliphatic carbocycles. The first-order valence-electron chi connectivity index (χ1n) is 5.36. The van der Waals surface area contributed by atoms with Crippen molar-refractivity contribution < 1.29 is 9.90 Å². The van der Waals surface area contributed by atoms with Gasteiger partial charge in [-0.05, 0) is 6.07 Å². The van der Waals surface area contributed by atoms with Crippen LogP contribution < -0.4 is 5.32 Å². The summed E-state index contributed by atoms with van der Waals surface area (Å²) in [7, 11) is 1.67. The summed E-state index contributed by atoms with van der Waals surface area (Å²) in [6.07, 6.45) is 2.42. The monoisotopic (exact) mass is 255 g/mol. The Labute approximate surface area is 104 Å². The van der Waals surface area contributed by atoms with Crippen LogP contribution in [0.25, 0.3) is 0 Å². The summed E-state index contributed by atoms with van der Waals surface area (Å²) in [5.74, 6) is -0.204. The lowest BCUT2D eigenvalue weighted by atomic mass is 10.1. The van der Waals surface area contributed by atoms with E-state index in [0.29, 0.717) is 23.7 Å². The molecule has 2 rings (SSSR count). The van der Waals surface area contributed by atoms with Gasteiger partial charge in [-0.1, -0.05) is 11.6 Å². The SMILES string of the molecule is CN(C(=O)c1ccncc1Cl)[C@@H]1CNC[C@H]1O. The molecule has 92 valence electrons. The zero-order valence-electron chi connectivity index (χ0n) is 9.43. The van der Waals surface area contributed by atoms with E-state index < -0.39 is 6.10 Å². The largest absolute Gasteiger partial charge is 0.390 e. The molecule has 0 aromatic carbocycles. The first-order valence-corrected chi connectivity index (χ1v) is 5.74. The summed E-state index contributed by atoms with van der Waals surface area (Å²) in [6.45, 7) is 1.10. The summed E-state index contributed by atoms with van der Waals surface area (Å²) < 4.78 is 0. The second kappa shape index (κ2) is 5.00. The number of rotatable bonds is 2. The van der Waals surface area contributed by atoms with E-state index in [1.165, 1.54) is 17.3 Å². The van der Waals surface area contributed by atoms with Crippen molar-refractivity contribution in [1.82, 2.24) is 15.2 Å². The van der Waals surface area contributed by atoms with Crippen molar-refractivity contribution in [2.45, 2.75) is 12.1 Å². The second-order valence-corrected chi connectivity index (χ2v) is 4.47. The van der Waals surface area contributed by atoms with Crippen LogP contribution in [0.3, 0.4) is 0 Å². The van der Waals surface area contributed by atoms with Crippen molar-refractivity contribution in [3.05, 3.63) is 29.0 Å². The maximum Gasteiger partial charge on any atom is 0.255 e. The van der Waals surface area contributed by atoms with Crippen LogP contribution >= 0.6 is 11.6 Å². The number of aliphatic hydroxyl groups is 1. The van der Waals surface area contributed by atoms with Crippen LogP contribution in [-0.4, -0.2) is 53.2 Å². The third kappa shape index (κ3) is 2.41. The second-order valence-electron chi connectivity index (χ2n) is 4.06.